The van der Waals surface area contributed by atoms with Crippen LogP contribution < -0.4 is 29.0 Å². The summed E-state index contributed by atoms with van der Waals surface area (Å²) in [6, 6.07) is 6.89. The van der Waals surface area contributed by atoms with Gasteiger partial charge in [0.05, 0.1) is 25.9 Å². The van der Waals surface area contributed by atoms with Crippen molar-refractivity contribution in [1.29, 1.82) is 10.5 Å². The lowest BCUT2D eigenvalue weighted by Crippen LogP contribution is -2.20. The molecule has 1 N–H and O–H groups in total. The van der Waals surface area contributed by atoms with Gasteiger partial charge < -0.3 is 19.2 Å². The molecule has 0 unspecified atom stereocenters. The van der Waals surface area contributed by atoms with Gasteiger partial charge in [-0.2, -0.15) is 10.5 Å². The van der Waals surface area contributed by atoms with Crippen molar-refractivity contribution in [3.63, 3.8) is 0 Å². The molecule has 7 nitrogen and oxygen atoms in total. The number of aromatic nitrogens is 1. The number of thiazole rings is 1. The van der Waals surface area contributed by atoms with Crippen LogP contribution in [0.1, 0.15) is 5.56 Å². The zero-order valence-corrected chi connectivity index (χ0v) is 14.0. The molecule has 0 bridgehead atoms. The lowest BCUT2D eigenvalue weighted by atomic mass is 10.1. The summed E-state index contributed by atoms with van der Waals surface area (Å²) < 4.78 is 16.4. The average Bonchev–Trinajstić information content (AvgIpc) is 2.95. The summed E-state index contributed by atoms with van der Waals surface area (Å²) in [5, 5.41) is 17.8. The van der Waals surface area contributed by atoms with E-state index in [-0.39, 0.29) is 15.8 Å². The van der Waals surface area contributed by atoms with Crippen LogP contribution >= 0.6 is 11.3 Å². The van der Waals surface area contributed by atoms with E-state index in [0.29, 0.717) is 27.3 Å². The monoisotopic (exact) mass is 343 g/mol. The van der Waals surface area contributed by atoms with Crippen LogP contribution in [0, 0.1) is 22.7 Å². The molecule has 0 atom stereocenters. The van der Waals surface area contributed by atoms with Crippen LogP contribution in [0.2, 0.25) is 0 Å². The Kier molecular flexibility index (Phi) is 5.25. The molecule has 0 saturated heterocycles. The summed E-state index contributed by atoms with van der Waals surface area (Å²) in [6.07, 6.45) is 1.61. The second-order valence-corrected chi connectivity index (χ2v) is 5.50. The van der Waals surface area contributed by atoms with E-state index in [2.05, 4.69) is 4.98 Å². The van der Waals surface area contributed by atoms with Crippen molar-refractivity contribution in [3.05, 3.63) is 37.2 Å². The third-order valence-electron chi connectivity index (χ3n) is 3.10. The van der Waals surface area contributed by atoms with Crippen molar-refractivity contribution in [3.8, 4) is 29.4 Å². The molecule has 0 radical (unpaired) electrons. The minimum absolute atomic E-state index is 0.137. The Labute approximate surface area is 141 Å². The fraction of sp³-hybridized carbons (Fsp3) is 0.188. The Morgan fingerprint density at radius 1 is 1.12 bits per heavy atom. The van der Waals surface area contributed by atoms with Gasteiger partial charge in [0.15, 0.2) is 17.1 Å². The van der Waals surface area contributed by atoms with Crippen LogP contribution in [0.3, 0.4) is 0 Å². The predicted molar refractivity (Wildman–Crippen MR) is 88.5 cm³/mol. The Morgan fingerprint density at radius 2 is 1.71 bits per heavy atom. The van der Waals surface area contributed by atoms with Gasteiger partial charge in [0.2, 0.25) is 5.75 Å². The maximum absolute atomic E-state index is 12.0. The first-order valence-corrected chi connectivity index (χ1v) is 7.45. The zero-order chi connectivity index (χ0) is 17.7. The molecule has 24 heavy (non-hydrogen) atoms. The maximum Gasteiger partial charge on any atom is 0.266 e. The van der Waals surface area contributed by atoms with Crippen molar-refractivity contribution in [2.45, 2.75) is 0 Å². The van der Waals surface area contributed by atoms with E-state index in [0.717, 1.165) is 11.3 Å². The van der Waals surface area contributed by atoms with Crippen LogP contribution in [0.4, 0.5) is 0 Å². The highest BCUT2D eigenvalue weighted by Gasteiger charge is 2.12. The summed E-state index contributed by atoms with van der Waals surface area (Å²) in [5.74, 6) is 1.36. The molecule has 1 heterocycles. The molecular formula is C16H13N3O4S. The van der Waals surface area contributed by atoms with E-state index in [1.54, 1.807) is 30.3 Å². The van der Waals surface area contributed by atoms with Crippen molar-refractivity contribution in [2.75, 3.05) is 21.3 Å². The first-order chi connectivity index (χ1) is 11.6. The lowest BCUT2D eigenvalue weighted by molar-refractivity contribution is 0.324. The predicted octanol–water partition coefficient (Wildman–Crippen LogP) is 0.489. The zero-order valence-electron chi connectivity index (χ0n) is 13.2. The highest BCUT2D eigenvalue weighted by Crippen LogP contribution is 2.38. The quantitative estimate of drug-likeness (QED) is 0.865. The molecule has 1 aromatic carbocycles. The molecule has 122 valence electrons. The van der Waals surface area contributed by atoms with Crippen LogP contribution in [-0.2, 0) is 0 Å². The number of nitriles is 2. The molecule has 0 fully saturated rings. The van der Waals surface area contributed by atoms with Gasteiger partial charge in [-0.25, -0.2) is 0 Å². The van der Waals surface area contributed by atoms with Crippen LogP contribution in [0.25, 0.3) is 11.6 Å². The molecule has 0 aliphatic heterocycles. The third kappa shape index (κ3) is 3.24. The SMILES string of the molecule is COc1cc(/C=c2\sc(=C(C#N)C#N)[nH]c2=O)cc(OC)c1OC. The summed E-state index contributed by atoms with van der Waals surface area (Å²) >= 11 is 1.03. The van der Waals surface area contributed by atoms with Gasteiger partial charge in [-0.05, 0) is 23.8 Å². The number of hydrogen-bond donors (Lipinski definition) is 1. The molecule has 0 aliphatic carbocycles. The van der Waals surface area contributed by atoms with Gasteiger partial charge in [-0.1, -0.05) is 0 Å². The highest BCUT2D eigenvalue weighted by atomic mass is 32.1. The second-order valence-electron chi connectivity index (χ2n) is 4.45. The van der Waals surface area contributed by atoms with Gasteiger partial charge in [-0.15, -0.1) is 11.3 Å². The van der Waals surface area contributed by atoms with Gasteiger partial charge in [0.1, 0.15) is 16.8 Å². The number of H-pyrrole nitrogens is 1. The number of nitrogens with zero attached hydrogens (tertiary/aromatic N) is 2. The van der Waals surface area contributed by atoms with Crippen LogP contribution in [0.5, 0.6) is 17.2 Å². The van der Waals surface area contributed by atoms with E-state index < -0.39 is 0 Å². The second kappa shape index (κ2) is 7.36. The number of aromatic amines is 1. The Balaban J connectivity index is 2.70. The lowest BCUT2D eigenvalue weighted by Gasteiger charge is -2.12. The average molecular weight is 343 g/mol. The number of ether oxygens (including phenoxy) is 3. The normalized spacial score (nSPS) is 10.6. The largest absolute Gasteiger partial charge is 0.493 e. The topological polar surface area (TPSA) is 108 Å². The van der Waals surface area contributed by atoms with E-state index in [1.165, 1.54) is 21.3 Å². The molecule has 2 rings (SSSR count). The molecule has 2 aromatic rings. The standard InChI is InChI=1S/C16H13N3O4S/c1-21-11-4-9(5-12(22-2)14(11)23-3)6-13-15(20)19-16(24-13)10(7-17)8-18/h4-6H,1-3H3,(H,19,20)/b13-6-. The fourth-order valence-corrected chi connectivity index (χ4v) is 2.91. The van der Waals surface area contributed by atoms with E-state index in [1.807, 2.05) is 0 Å². The third-order valence-corrected chi connectivity index (χ3v) is 4.13. The van der Waals surface area contributed by atoms with Crippen molar-refractivity contribution < 1.29 is 14.2 Å². The van der Waals surface area contributed by atoms with Crippen LogP contribution in [-0.4, -0.2) is 26.3 Å². The summed E-state index contributed by atoms with van der Waals surface area (Å²) in [6.45, 7) is 0. The molecule has 1 aromatic heterocycles. The number of rotatable bonds is 4. The van der Waals surface area contributed by atoms with Gasteiger partial charge >= 0.3 is 0 Å². The fourth-order valence-electron chi connectivity index (χ4n) is 2.02. The van der Waals surface area contributed by atoms with Crippen LogP contribution in [0.15, 0.2) is 16.9 Å². The molecule has 8 heteroatoms. The molecular weight excluding hydrogens is 330 g/mol. The maximum atomic E-state index is 12.0. The minimum Gasteiger partial charge on any atom is -0.493 e. The number of methoxy groups -OCH3 is 3. The van der Waals surface area contributed by atoms with Crippen molar-refractivity contribution in [2.24, 2.45) is 0 Å². The Hall–Kier alpha value is -3.23. The van der Waals surface area contributed by atoms with Crippen molar-refractivity contribution >= 4 is 23.0 Å². The summed E-state index contributed by atoms with van der Waals surface area (Å²) in [4.78, 5) is 14.5. The van der Waals surface area contributed by atoms with Gasteiger partial charge in [-0.3, -0.25) is 4.79 Å². The highest BCUT2D eigenvalue weighted by molar-refractivity contribution is 7.07. The first kappa shape index (κ1) is 17.1. The number of hydrogen-bond acceptors (Lipinski definition) is 7. The van der Waals surface area contributed by atoms with E-state index in [9.17, 15) is 4.79 Å². The summed E-state index contributed by atoms with van der Waals surface area (Å²) in [7, 11) is 4.50. The van der Waals surface area contributed by atoms with Crippen molar-refractivity contribution in [1.82, 2.24) is 4.98 Å². The number of benzene rings is 1. The van der Waals surface area contributed by atoms with E-state index >= 15 is 0 Å². The van der Waals surface area contributed by atoms with Gasteiger partial charge in [0, 0.05) is 0 Å². The Morgan fingerprint density at radius 3 is 2.17 bits per heavy atom. The molecule has 0 saturated carbocycles. The van der Waals surface area contributed by atoms with E-state index in [4.69, 9.17) is 24.7 Å². The van der Waals surface area contributed by atoms with Gasteiger partial charge in [0.25, 0.3) is 5.56 Å². The smallest absolute Gasteiger partial charge is 0.266 e. The number of nitrogens with one attached hydrogen (secondary N) is 1. The molecule has 0 aliphatic rings. The molecule has 0 spiro atoms. The first-order valence-electron chi connectivity index (χ1n) is 6.63. The summed E-state index contributed by atoms with van der Waals surface area (Å²) in [5.41, 5.74) is 0.132. The molecule has 0 amide bonds. The Bertz CT molecular complexity index is 980. The minimum atomic E-state index is -0.383.